The summed E-state index contributed by atoms with van der Waals surface area (Å²) in [6.45, 7) is 3.94. The molecule has 1 N–H and O–H groups in total. The molecule has 3 aromatic rings. The molecule has 118 valence electrons. The summed E-state index contributed by atoms with van der Waals surface area (Å²) >= 11 is 1.42. The Morgan fingerprint density at radius 1 is 1.09 bits per heavy atom. The molecule has 3 rings (SSSR count). The maximum Gasteiger partial charge on any atom is 0.128 e. The van der Waals surface area contributed by atoms with Crippen LogP contribution in [-0.4, -0.2) is 15.1 Å². The van der Waals surface area contributed by atoms with E-state index in [1.54, 1.807) is 30.7 Å². The van der Waals surface area contributed by atoms with E-state index in [2.05, 4.69) is 9.97 Å². The molecule has 5 heteroatoms. The van der Waals surface area contributed by atoms with Gasteiger partial charge in [0.1, 0.15) is 16.4 Å². The first-order valence-electron chi connectivity index (χ1n) is 7.37. The second-order valence-corrected chi connectivity index (χ2v) is 6.72. The van der Waals surface area contributed by atoms with Crippen molar-refractivity contribution in [1.29, 1.82) is 0 Å². The summed E-state index contributed by atoms with van der Waals surface area (Å²) in [5, 5.41) is 12.1. The molecule has 1 atom stereocenters. The van der Waals surface area contributed by atoms with Crippen molar-refractivity contribution >= 4 is 11.3 Å². The number of halogens is 1. The molecule has 0 fully saturated rings. The highest BCUT2D eigenvalue weighted by atomic mass is 32.1. The summed E-state index contributed by atoms with van der Waals surface area (Å²) in [6, 6.07) is 9.84. The lowest BCUT2D eigenvalue weighted by Gasteiger charge is -2.31. The standard InChI is InChI=1S/C18H17FN2OS/c1-12(2)18(22,14-7-9-20-10-8-14)16-11-21-17(23-16)13-3-5-15(19)6-4-13/h3-12,22H,1-2H3. The molecule has 0 aliphatic heterocycles. The fourth-order valence-electron chi connectivity index (χ4n) is 2.54. The zero-order valence-electron chi connectivity index (χ0n) is 12.9. The number of aromatic nitrogens is 2. The van der Waals surface area contributed by atoms with Crippen LogP contribution in [0.4, 0.5) is 4.39 Å². The van der Waals surface area contributed by atoms with Crippen LogP contribution in [-0.2, 0) is 5.60 Å². The molecule has 0 aliphatic rings. The number of rotatable bonds is 4. The van der Waals surface area contributed by atoms with Crippen molar-refractivity contribution in [1.82, 2.24) is 9.97 Å². The largest absolute Gasteiger partial charge is 0.379 e. The van der Waals surface area contributed by atoms with E-state index in [1.165, 1.54) is 23.5 Å². The predicted octanol–water partition coefficient (Wildman–Crippen LogP) is 4.24. The predicted molar refractivity (Wildman–Crippen MR) is 89.6 cm³/mol. The van der Waals surface area contributed by atoms with Gasteiger partial charge in [-0.2, -0.15) is 0 Å². The second-order valence-electron chi connectivity index (χ2n) is 5.69. The van der Waals surface area contributed by atoms with Crippen LogP contribution in [0.3, 0.4) is 0 Å². The summed E-state index contributed by atoms with van der Waals surface area (Å²) in [5.74, 6) is -0.313. The molecule has 1 aromatic carbocycles. The maximum atomic E-state index is 13.1. The lowest BCUT2D eigenvalue weighted by atomic mass is 9.83. The van der Waals surface area contributed by atoms with Gasteiger partial charge in [-0.15, -0.1) is 11.3 Å². The molecule has 1 unspecified atom stereocenters. The zero-order valence-corrected chi connectivity index (χ0v) is 13.7. The maximum absolute atomic E-state index is 13.1. The highest BCUT2D eigenvalue weighted by Crippen LogP contribution is 2.41. The monoisotopic (exact) mass is 328 g/mol. The fraction of sp³-hybridized carbons (Fsp3) is 0.222. The third-order valence-corrected chi connectivity index (χ3v) is 5.10. The van der Waals surface area contributed by atoms with Gasteiger partial charge in [-0.1, -0.05) is 13.8 Å². The SMILES string of the molecule is CC(C)C(O)(c1ccncc1)c1cnc(-c2ccc(F)cc2)s1. The lowest BCUT2D eigenvalue weighted by molar-refractivity contribution is 0.0351. The van der Waals surface area contributed by atoms with Gasteiger partial charge in [0.2, 0.25) is 0 Å². The molecule has 0 aliphatic carbocycles. The second kappa shape index (κ2) is 6.18. The van der Waals surface area contributed by atoms with Crippen molar-refractivity contribution in [3.8, 4) is 10.6 Å². The fourth-order valence-corrected chi connectivity index (χ4v) is 3.72. The van der Waals surface area contributed by atoms with Crippen molar-refractivity contribution in [2.45, 2.75) is 19.4 Å². The summed E-state index contributed by atoms with van der Waals surface area (Å²) in [5.41, 5.74) is 0.499. The van der Waals surface area contributed by atoms with E-state index in [0.717, 1.165) is 21.0 Å². The smallest absolute Gasteiger partial charge is 0.128 e. The first kappa shape index (κ1) is 15.8. The van der Waals surface area contributed by atoms with E-state index in [9.17, 15) is 9.50 Å². The minimum absolute atomic E-state index is 0.0357. The van der Waals surface area contributed by atoms with E-state index in [0.29, 0.717) is 0 Å². The molecule has 0 bridgehead atoms. The topological polar surface area (TPSA) is 46.0 Å². The Morgan fingerprint density at radius 2 is 1.74 bits per heavy atom. The van der Waals surface area contributed by atoms with Crippen LogP contribution in [0.25, 0.3) is 10.6 Å². The zero-order chi connectivity index (χ0) is 16.4. The van der Waals surface area contributed by atoms with E-state index >= 15 is 0 Å². The molecule has 0 amide bonds. The molecule has 0 radical (unpaired) electrons. The Labute approximate surface area is 138 Å². The van der Waals surface area contributed by atoms with Gasteiger partial charge in [-0.25, -0.2) is 9.37 Å². The molecular formula is C18H17FN2OS. The molecule has 0 saturated heterocycles. The van der Waals surface area contributed by atoms with Gasteiger partial charge in [-0.05, 0) is 47.9 Å². The first-order chi connectivity index (χ1) is 11.0. The minimum atomic E-state index is -1.13. The highest BCUT2D eigenvalue weighted by Gasteiger charge is 2.37. The quantitative estimate of drug-likeness (QED) is 0.779. The Bertz CT molecular complexity index is 786. The van der Waals surface area contributed by atoms with E-state index in [4.69, 9.17) is 0 Å². The van der Waals surface area contributed by atoms with Crippen LogP contribution < -0.4 is 0 Å². The first-order valence-corrected chi connectivity index (χ1v) is 8.18. The minimum Gasteiger partial charge on any atom is -0.379 e. The number of hydrogen-bond acceptors (Lipinski definition) is 4. The van der Waals surface area contributed by atoms with E-state index in [-0.39, 0.29) is 11.7 Å². The van der Waals surface area contributed by atoms with Gasteiger partial charge in [0.05, 0.1) is 4.88 Å². The molecule has 0 saturated carbocycles. The molecule has 2 aromatic heterocycles. The van der Waals surface area contributed by atoms with Gasteiger partial charge < -0.3 is 5.11 Å². The number of pyridine rings is 1. The van der Waals surface area contributed by atoms with Gasteiger partial charge >= 0.3 is 0 Å². The summed E-state index contributed by atoms with van der Waals surface area (Å²) in [6.07, 6.45) is 5.04. The average Bonchev–Trinajstić information content (AvgIpc) is 3.06. The molecule has 0 spiro atoms. The Morgan fingerprint density at radius 3 is 2.35 bits per heavy atom. The van der Waals surface area contributed by atoms with Gasteiger partial charge in [0.15, 0.2) is 0 Å². The van der Waals surface area contributed by atoms with Crippen molar-refractivity contribution in [3.63, 3.8) is 0 Å². The van der Waals surface area contributed by atoms with Crippen LogP contribution in [0, 0.1) is 11.7 Å². The Hall–Kier alpha value is -2.11. The van der Waals surface area contributed by atoms with Crippen LogP contribution in [0.15, 0.2) is 55.0 Å². The number of thiazole rings is 1. The van der Waals surface area contributed by atoms with Crippen molar-refractivity contribution in [2.24, 2.45) is 5.92 Å². The van der Waals surface area contributed by atoms with Crippen LogP contribution in [0.2, 0.25) is 0 Å². The number of benzene rings is 1. The Kier molecular flexibility index (Phi) is 4.24. The van der Waals surface area contributed by atoms with Crippen LogP contribution in [0.1, 0.15) is 24.3 Å². The Balaban J connectivity index is 2.04. The lowest BCUT2D eigenvalue weighted by Crippen LogP contribution is -2.32. The summed E-state index contributed by atoms with van der Waals surface area (Å²) in [7, 11) is 0. The molecule has 23 heavy (non-hydrogen) atoms. The normalized spacial score (nSPS) is 14.0. The van der Waals surface area contributed by atoms with E-state index in [1.807, 2.05) is 26.0 Å². The number of aliphatic hydroxyl groups is 1. The van der Waals surface area contributed by atoms with Crippen LogP contribution >= 0.6 is 11.3 Å². The molecule has 3 nitrogen and oxygen atoms in total. The summed E-state index contributed by atoms with van der Waals surface area (Å²) < 4.78 is 13.1. The van der Waals surface area contributed by atoms with Crippen molar-refractivity contribution in [3.05, 3.63) is 71.2 Å². The average molecular weight is 328 g/mol. The number of nitrogens with zero attached hydrogens (tertiary/aromatic N) is 2. The molecule has 2 heterocycles. The molecular weight excluding hydrogens is 311 g/mol. The van der Waals surface area contributed by atoms with Gasteiger partial charge in [0, 0.05) is 24.2 Å². The van der Waals surface area contributed by atoms with Gasteiger partial charge in [-0.3, -0.25) is 4.98 Å². The van der Waals surface area contributed by atoms with Crippen LogP contribution in [0.5, 0.6) is 0 Å². The highest BCUT2D eigenvalue weighted by molar-refractivity contribution is 7.15. The van der Waals surface area contributed by atoms with Gasteiger partial charge in [0.25, 0.3) is 0 Å². The number of hydrogen-bond donors (Lipinski definition) is 1. The third-order valence-electron chi connectivity index (χ3n) is 3.93. The van der Waals surface area contributed by atoms with Crippen molar-refractivity contribution in [2.75, 3.05) is 0 Å². The van der Waals surface area contributed by atoms with E-state index < -0.39 is 5.60 Å². The van der Waals surface area contributed by atoms with Crippen molar-refractivity contribution < 1.29 is 9.50 Å². The summed E-state index contributed by atoms with van der Waals surface area (Å²) in [4.78, 5) is 9.19. The third kappa shape index (κ3) is 2.90.